The lowest BCUT2D eigenvalue weighted by atomic mass is 10.0. The van der Waals surface area contributed by atoms with E-state index in [1.807, 2.05) is 0 Å². The minimum Gasteiger partial charge on any atom is -0.409 e. The molecule has 0 atom stereocenters. The summed E-state index contributed by atoms with van der Waals surface area (Å²) in [7, 11) is 3.24. The van der Waals surface area contributed by atoms with Gasteiger partial charge in [-0.1, -0.05) is 5.16 Å². The highest BCUT2D eigenvalue weighted by Crippen LogP contribution is 2.33. The van der Waals surface area contributed by atoms with E-state index >= 15 is 0 Å². The summed E-state index contributed by atoms with van der Waals surface area (Å²) in [5, 5.41) is 11.3. The summed E-state index contributed by atoms with van der Waals surface area (Å²) >= 11 is 0. The highest BCUT2D eigenvalue weighted by Gasteiger charge is 2.34. The second-order valence-electron chi connectivity index (χ2n) is 4.13. The topological polar surface area (TPSA) is 71.1 Å². The zero-order chi connectivity index (χ0) is 15.3. The SMILES string of the molecule is COCCN(C)c1ccc(C(F)(F)F)c(/C(N)=N/O)c1. The molecule has 0 saturated heterocycles. The predicted molar refractivity (Wildman–Crippen MR) is 69.1 cm³/mol. The van der Waals surface area contributed by atoms with Gasteiger partial charge in [0.1, 0.15) is 0 Å². The molecule has 0 aliphatic heterocycles. The summed E-state index contributed by atoms with van der Waals surface area (Å²) in [6, 6.07) is 3.46. The molecule has 0 fully saturated rings. The molecule has 0 bridgehead atoms. The Balaban J connectivity index is 3.21. The van der Waals surface area contributed by atoms with Gasteiger partial charge < -0.3 is 20.6 Å². The molecule has 0 aromatic heterocycles. The van der Waals surface area contributed by atoms with Gasteiger partial charge in [-0.2, -0.15) is 13.2 Å². The molecule has 1 aromatic carbocycles. The lowest BCUT2D eigenvalue weighted by Gasteiger charge is -2.21. The number of hydrogen-bond acceptors (Lipinski definition) is 4. The molecular weight excluding hydrogens is 275 g/mol. The van der Waals surface area contributed by atoms with Crippen molar-refractivity contribution in [1.82, 2.24) is 0 Å². The highest BCUT2D eigenvalue weighted by molar-refractivity contribution is 5.99. The molecule has 112 valence electrons. The number of rotatable bonds is 5. The van der Waals surface area contributed by atoms with E-state index in [0.717, 1.165) is 6.07 Å². The van der Waals surface area contributed by atoms with Crippen molar-refractivity contribution in [2.24, 2.45) is 10.9 Å². The van der Waals surface area contributed by atoms with Gasteiger partial charge in [0.2, 0.25) is 0 Å². The summed E-state index contributed by atoms with van der Waals surface area (Å²) in [5.41, 5.74) is 4.52. The van der Waals surface area contributed by atoms with Crippen LogP contribution in [0.5, 0.6) is 0 Å². The van der Waals surface area contributed by atoms with Crippen molar-refractivity contribution in [1.29, 1.82) is 0 Å². The number of alkyl halides is 3. The fourth-order valence-electron chi connectivity index (χ4n) is 1.64. The van der Waals surface area contributed by atoms with E-state index in [2.05, 4.69) is 5.16 Å². The monoisotopic (exact) mass is 291 g/mol. The Bertz CT molecular complexity index is 489. The number of nitrogens with two attached hydrogens (primary N) is 1. The number of likely N-dealkylation sites (N-methyl/N-ethyl adjacent to an activating group) is 1. The van der Waals surface area contributed by atoms with Crippen LogP contribution in [0.3, 0.4) is 0 Å². The molecular formula is C12H16F3N3O2. The summed E-state index contributed by atoms with van der Waals surface area (Å²) < 4.78 is 43.5. The maximum atomic E-state index is 12.9. The molecule has 0 aliphatic carbocycles. The van der Waals surface area contributed by atoms with E-state index in [1.165, 1.54) is 19.2 Å². The minimum atomic E-state index is -4.58. The second-order valence-corrected chi connectivity index (χ2v) is 4.13. The van der Waals surface area contributed by atoms with Crippen LogP contribution in [0.25, 0.3) is 0 Å². The van der Waals surface area contributed by atoms with Crippen molar-refractivity contribution in [3.63, 3.8) is 0 Å². The number of ether oxygens (including phenoxy) is 1. The van der Waals surface area contributed by atoms with Gasteiger partial charge >= 0.3 is 6.18 Å². The molecule has 0 heterocycles. The summed E-state index contributed by atoms with van der Waals surface area (Å²) in [6.07, 6.45) is -4.58. The number of amidine groups is 1. The molecule has 0 radical (unpaired) electrons. The van der Waals surface area contributed by atoms with Crippen LogP contribution in [0.2, 0.25) is 0 Å². The number of halogens is 3. The predicted octanol–water partition coefficient (Wildman–Crippen LogP) is 1.88. The van der Waals surface area contributed by atoms with E-state index in [0.29, 0.717) is 18.8 Å². The Morgan fingerprint density at radius 1 is 1.45 bits per heavy atom. The molecule has 0 spiro atoms. The van der Waals surface area contributed by atoms with Gasteiger partial charge in [-0.05, 0) is 18.2 Å². The van der Waals surface area contributed by atoms with Crippen molar-refractivity contribution in [2.45, 2.75) is 6.18 Å². The lowest BCUT2D eigenvalue weighted by molar-refractivity contribution is -0.137. The molecule has 0 unspecified atom stereocenters. The molecule has 5 nitrogen and oxygen atoms in total. The first-order valence-corrected chi connectivity index (χ1v) is 5.70. The van der Waals surface area contributed by atoms with Crippen LogP contribution >= 0.6 is 0 Å². The van der Waals surface area contributed by atoms with Crippen molar-refractivity contribution in [3.8, 4) is 0 Å². The molecule has 0 saturated carbocycles. The first kappa shape index (κ1) is 16.1. The molecule has 20 heavy (non-hydrogen) atoms. The Hall–Kier alpha value is -1.96. The van der Waals surface area contributed by atoms with Crippen LogP contribution < -0.4 is 10.6 Å². The Labute approximate surface area is 114 Å². The fourth-order valence-corrected chi connectivity index (χ4v) is 1.64. The standard InChI is InChI=1S/C12H16F3N3O2/c1-18(5-6-20-2)8-3-4-10(12(13,14)15)9(7-8)11(16)17-19/h3-4,7,19H,5-6H2,1-2H3,(H2,16,17). The molecule has 8 heteroatoms. The molecule has 1 aromatic rings. The maximum Gasteiger partial charge on any atom is 0.417 e. The molecule has 3 N–H and O–H groups in total. The van der Waals surface area contributed by atoms with Gasteiger partial charge in [-0.3, -0.25) is 0 Å². The van der Waals surface area contributed by atoms with Gasteiger partial charge in [-0.15, -0.1) is 0 Å². The summed E-state index contributed by atoms with van der Waals surface area (Å²) in [6.45, 7) is 0.925. The van der Waals surface area contributed by atoms with Crippen molar-refractivity contribution in [3.05, 3.63) is 29.3 Å². The third kappa shape index (κ3) is 3.77. The van der Waals surface area contributed by atoms with Gasteiger partial charge in [0.25, 0.3) is 0 Å². The van der Waals surface area contributed by atoms with Crippen LogP contribution in [0.1, 0.15) is 11.1 Å². The van der Waals surface area contributed by atoms with Gasteiger partial charge in [0.05, 0.1) is 12.2 Å². The van der Waals surface area contributed by atoms with Crippen molar-refractivity contribution >= 4 is 11.5 Å². The van der Waals surface area contributed by atoms with E-state index in [1.54, 1.807) is 11.9 Å². The molecule has 0 amide bonds. The van der Waals surface area contributed by atoms with Crippen LogP contribution in [0, 0.1) is 0 Å². The average molecular weight is 291 g/mol. The number of methoxy groups -OCH3 is 1. The largest absolute Gasteiger partial charge is 0.417 e. The quantitative estimate of drug-likeness (QED) is 0.376. The summed E-state index contributed by atoms with van der Waals surface area (Å²) in [4.78, 5) is 1.71. The number of hydrogen-bond donors (Lipinski definition) is 2. The lowest BCUT2D eigenvalue weighted by Crippen LogP contribution is -2.24. The number of oxime groups is 1. The average Bonchev–Trinajstić information content (AvgIpc) is 2.42. The smallest absolute Gasteiger partial charge is 0.409 e. The van der Waals surface area contributed by atoms with Crippen LogP contribution in [-0.4, -0.2) is 38.4 Å². The first-order chi connectivity index (χ1) is 9.31. The normalized spacial score (nSPS) is 12.6. The highest BCUT2D eigenvalue weighted by atomic mass is 19.4. The van der Waals surface area contributed by atoms with Gasteiger partial charge in [0, 0.05) is 32.0 Å². The summed E-state index contributed by atoms with van der Waals surface area (Å²) in [5.74, 6) is -0.584. The third-order valence-electron chi connectivity index (χ3n) is 2.76. The van der Waals surface area contributed by atoms with E-state index in [9.17, 15) is 13.2 Å². The maximum absolute atomic E-state index is 12.9. The molecule has 0 aliphatic rings. The number of benzene rings is 1. The van der Waals surface area contributed by atoms with Crippen molar-refractivity contribution in [2.75, 3.05) is 32.2 Å². The van der Waals surface area contributed by atoms with Crippen molar-refractivity contribution < 1.29 is 23.1 Å². The number of nitrogens with zero attached hydrogens (tertiary/aromatic N) is 2. The Morgan fingerprint density at radius 2 is 2.10 bits per heavy atom. The second kappa shape index (κ2) is 6.47. The zero-order valence-electron chi connectivity index (χ0n) is 11.1. The van der Waals surface area contributed by atoms with Crippen LogP contribution in [-0.2, 0) is 10.9 Å². The number of anilines is 1. The van der Waals surface area contributed by atoms with Crippen LogP contribution in [0.15, 0.2) is 23.4 Å². The minimum absolute atomic E-state index is 0.359. The van der Waals surface area contributed by atoms with E-state index in [-0.39, 0.29) is 5.56 Å². The Kier molecular flexibility index (Phi) is 5.20. The van der Waals surface area contributed by atoms with Gasteiger partial charge in [0.15, 0.2) is 5.84 Å². The van der Waals surface area contributed by atoms with E-state index < -0.39 is 17.6 Å². The zero-order valence-corrected chi connectivity index (χ0v) is 11.1. The third-order valence-corrected chi connectivity index (χ3v) is 2.76. The fraction of sp³-hybridized carbons (Fsp3) is 0.417. The molecule has 1 rings (SSSR count). The van der Waals surface area contributed by atoms with Crippen LogP contribution in [0.4, 0.5) is 18.9 Å². The van der Waals surface area contributed by atoms with Gasteiger partial charge in [-0.25, -0.2) is 0 Å². The first-order valence-electron chi connectivity index (χ1n) is 5.70. The van der Waals surface area contributed by atoms with E-state index in [4.69, 9.17) is 15.7 Å². The Morgan fingerprint density at radius 3 is 2.60 bits per heavy atom.